The highest BCUT2D eigenvalue weighted by atomic mass is 32.2. The first-order valence-electron chi connectivity index (χ1n) is 4.30. The summed E-state index contributed by atoms with van der Waals surface area (Å²) in [5.41, 5.74) is 5.14. The topological polar surface area (TPSA) is 121 Å². The summed E-state index contributed by atoms with van der Waals surface area (Å²) in [6.45, 7) is 1.80. The quantitative estimate of drug-likeness (QED) is 0.503. The molecule has 10 heteroatoms. The van der Waals surface area contributed by atoms with E-state index < -0.39 is 4.92 Å². The molecule has 0 fully saturated rings. The highest BCUT2D eigenvalue weighted by Crippen LogP contribution is 2.36. The van der Waals surface area contributed by atoms with E-state index in [1.807, 2.05) is 0 Å². The van der Waals surface area contributed by atoms with Crippen LogP contribution in [-0.2, 0) is 0 Å². The summed E-state index contributed by atoms with van der Waals surface area (Å²) in [5, 5.41) is 19.4. The molecule has 0 aliphatic rings. The molecule has 17 heavy (non-hydrogen) atoms. The van der Waals surface area contributed by atoms with Crippen molar-refractivity contribution < 1.29 is 4.92 Å². The van der Waals surface area contributed by atoms with Gasteiger partial charge < -0.3 is 5.73 Å². The molecule has 0 atom stereocenters. The lowest BCUT2D eigenvalue weighted by Gasteiger charge is -1.99. The number of nitrogen functional groups attached to an aromatic ring is 1. The van der Waals surface area contributed by atoms with Crippen LogP contribution >= 0.6 is 23.1 Å². The molecule has 2 aromatic rings. The van der Waals surface area contributed by atoms with Crippen molar-refractivity contribution >= 4 is 34.6 Å². The number of rotatable bonds is 3. The van der Waals surface area contributed by atoms with Gasteiger partial charge in [-0.25, -0.2) is 9.97 Å². The van der Waals surface area contributed by atoms with Gasteiger partial charge in [0.05, 0.1) is 4.92 Å². The fraction of sp³-hybridized carbons (Fsp3) is 0.143. The highest BCUT2D eigenvalue weighted by Gasteiger charge is 2.22. The predicted molar refractivity (Wildman–Crippen MR) is 61.9 cm³/mol. The van der Waals surface area contributed by atoms with Crippen molar-refractivity contribution in [2.75, 3.05) is 5.73 Å². The van der Waals surface area contributed by atoms with Crippen molar-refractivity contribution in [2.24, 2.45) is 0 Å². The van der Waals surface area contributed by atoms with Gasteiger partial charge in [0.25, 0.3) is 0 Å². The number of aromatic nitrogens is 4. The number of nitrogens with two attached hydrogens (primary N) is 1. The molecule has 0 saturated carbocycles. The summed E-state index contributed by atoms with van der Waals surface area (Å²) >= 11 is 2.38. The SMILES string of the molecule is Cc1nnc(Sc2ncnc(N)c2[N+](=O)[O-])s1. The van der Waals surface area contributed by atoms with Crippen LogP contribution in [0.4, 0.5) is 11.5 Å². The molecule has 0 amide bonds. The summed E-state index contributed by atoms with van der Waals surface area (Å²) in [6.07, 6.45) is 1.18. The third kappa shape index (κ3) is 2.47. The zero-order valence-corrected chi connectivity index (χ0v) is 10.2. The standard InChI is InChI=1S/C7H6N6O2S2/c1-3-11-12-7(16-3)17-6-4(13(14)15)5(8)9-2-10-6/h2H,1H3,(H2,8,9,10). The first kappa shape index (κ1) is 11.7. The zero-order chi connectivity index (χ0) is 12.4. The van der Waals surface area contributed by atoms with E-state index in [1.54, 1.807) is 6.92 Å². The summed E-state index contributed by atoms with van der Waals surface area (Å²) < 4.78 is 0.573. The van der Waals surface area contributed by atoms with Crippen LogP contribution in [0.15, 0.2) is 15.7 Å². The van der Waals surface area contributed by atoms with Gasteiger partial charge >= 0.3 is 5.69 Å². The Morgan fingerprint density at radius 3 is 2.82 bits per heavy atom. The average Bonchev–Trinajstić information content (AvgIpc) is 2.63. The van der Waals surface area contributed by atoms with E-state index in [9.17, 15) is 10.1 Å². The molecule has 0 aliphatic heterocycles. The van der Waals surface area contributed by atoms with Crippen LogP contribution < -0.4 is 5.73 Å². The molecule has 0 aliphatic carbocycles. The minimum Gasteiger partial charge on any atom is -0.378 e. The minimum absolute atomic E-state index is 0.159. The molecule has 0 unspecified atom stereocenters. The maximum Gasteiger partial charge on any atom is 0.343 e. The molecule has 0 bridgehead atoms. The predicted octanol–water partition coefficient (Wildman–Crippen LogP) is 1.28. The van der Waals surface area contributed by atoms with Crippen molar-refractivity contribution in [3.8, 4) is 0 Å². The largest absolute Gasteiger partial charge is 0.378 e. The molecule has 2 rings (SSSR count). The van der Waals surface area contributed by atoms with Gasteiger partial charge in [0.15, 0.2) is 9.37 Å². The summed E-state index contributed by atoms with van der Waals surface area (Å²) in [6, 6.07) is 0. The van der Waals surface area contributed by atoms with Crippen LogP contribution in [0, 0.1) is 17.0 Å². The number of nitrogens with zero attached hydrogens (tertiary/aromatic N) is 5. The van der Waals surface area contributed by atoms with Crippen molar-refractivity contribution in [1.82, 2.24) is 20.2 Å². The second-order valence-corrected chi connectivity index (χ2v) is 5.28. The van der Waals surface area contributed by atoms with Crippen LogP contribution in [0.5, 0.6) is 0 Å². The van der Waals surface area contributed by atoms with E-state index in [2.05, 4.69) is 20.2 Å². The molecule has 2 aromatic heterocycles. The molecule has 0 saturated heterocycles. The smallest absolute Gasteiger partial charge is 0.343 e. The van der Waals surface area contributed by atoms with Crippen molar-refractivity contribution in [3.63, 3.8) is 0 Å². The van der Waals surface area contributed by atoms with Crippen LogP contribution in [-0.4, -0.2) is 25.1 Å². The summed E-state index contributed by atoms with van der Waals surface area (Å²) in [5.74, 6) is -0.159. The molecule has 0 aromatic carbocycles. The van der Waals surface area contributed by atoms with E-state index >= 15 is 0 Å². The van der Waals surface area contributed by atoms with Crippen molar-refractivity contribution in [1.29, 1.82) is 0 Å². The Labute approximate surface area is 103 Å². The fourth-order valence-corrected chi connectivity index (χ4v) is 2.83. The Hall–Kier alpha value is -1.81. The number of hydrogen-bond acceptors (Lipinski definition) is 9. The molecular formula is C7H6N6O2S2. The Bertz CT molecular complexity index is 571. The molecule has 2 N–H and O–H groups in total. The van der Waals surface area contributed by atoms with E-state index in [4.69, 9.17) is 5.73 Å². The Morgan fingerprint density at radius 2 is 2.24 bits per heavy atom. The van der Waals surface area contributed by atoms with E-state index in [0.29, 0.717) is 4.34 Å². The van der Waals surface area contributed by atoms with Gasteiger partial charge in [-0.05, 0) is 18.7 Å². The van der Waals surface area contributed by atoms with Gasteiger partial charge in [0.1, 0.15) is 11.3 Å². The van der Waals surface area contributed by atoms with Crippen LogP contribution in [0.1, 0.15) is 5.01 Å². The van der Waals surface area contributed by atoms with Gasteiger partial charge in [-0.3, -0.25) is 10.1 Å². The second-order valence-electron chi connectivity index (χ2n) is 2.86. The first-order valence-corrected chi connectivity index (χ1v) is 5.94. The average molecular weight is 270 g/mol. The number of hydrogen-bond donors (Lipinski definition) is 1. The molecule has 2 heterocycles. The molecule has 88 valence electrons. The molecular weight excluding hydrogens is 264 g/mol. The van der Waals surface area contributed by atoms with E-state index in [0.717, 1.165) is 16.8 Å². The van der Waals surface area contributed by atoms with Crippen molar-refractivity contribution in [2.45, 2.75) is 16.3 Å². The maximum absolute atomic E-state index is 10.8. The lowest BCUT2D eigenvalue weighted by atomic mass is 10.5. The Balaban J connectivity index is 2.39. The van der Waals surface area contributed by atoms with Gasteiger partial charge in [0, 0.05) is 0 Å². The van der Waals surface area contributed by atoms with Gasteiger partial charge in [0.2, 0.25) is 5.82 Å². The van der Waals surface area contributed by atoms with Gasteiger partial charge in [-0.15, -0.1) is 10.2 Å². The summed E-state index contributed by atoms with van der Waals surface area (Å²) in [7, 11) is 0. The van der Waals surface area contributed by atoms with Crippen LogP contribution in [0.2, 0.25) is 0 Å². The molecule has 0 radical (unpaired) electrons. The monoisotopic (exact) mass is 270 g/mol. The fourth-order valence-electron chi connectivity index (χ4n) is 1.02. The van der Waals surface area contributed by atoms with Gasteiger partial charge in [-0.2, -0.15) is 0 Å². The van der Waals surface area contributed by atoms with Gasteiger partial charge in [-0.1, -0.05) is 11.3 Å². The van der Waals surface area contributed by atoms with Crippen molar-refractivity contribution in [3.05, 3.63) is 21.4 Å². The molecule has 8 nitrogen and oxygen atoms in total. The maximum atomic E-state index is 10.8. The van der Waals surface area contributed by atoms with E-state index in [-0.39, 0.29) is 16.5 Å². The number of anilines is 1. The minimum atomic E-state index is -0.606. The number of aryl methyl sites for hydroxylation is 1. The highest BCUT2D eigenvalue weighted by molar-refractivity contribution is 8.01. The Kier molecular flexibility index (Phi) is 3.15. The van der Waals surface area contributed by atoms with E-state index in [1.165, 1.54) is 17.7 Å². The normalized spacial score (nSPS) is 10.4. The van der Waals surface area contributed by atoms with Crippen LogP contribution in [0.3, 0.4) is 0 Å². The molecule has 0 spiro atoms. The third-order valence-corrected chi connectivity index (χ3v) is 3.57. The zero-order valence-electron chi connectivity index (χ0n) is 8.52. The first-order chi connectivity index (χ1) is 8.08. The lowest BCUT2D eigenvalue weighted by molar-refractivity contribution is -0.387. The summed E-state index contributed by atoms with van der Waals surface area (Å²) in [4.78, 5) is 17.7. The third-order valence-electron chi connectivity index (χ3n) is 1.69. The second kappa shape index (κ2) is 4.59. The Morgan fingerprint density at radius 1 is 1.47 bits per heavy atom. The number of nitro groups is 1. The van der Waals surface area contributed by atoms with Crippen LogP contribution in [0.25, 0.3) is 0 Å². The lowest BCUT2D eigenvalue weighted by Crippen LogP contribution is -2.01.